The smallest absolute Gasteiger partial charge is 0.0575 e. The molecule has 0 aliphatic heterocycles. The highest BCUT2D eigenvalue weighted by molar-refractivity contribution is 4.64. The number of hydrogen-bond donors (Lipinski definition) is 1. The van der Waals surface area contributed by atoms with Crippen LogP contribution in [0.3, 0.4) is 0 Å². The molecule has 1 rings (SSSR count). The molecule has 0 bridgehead atoms. The van der Waals surface area contributed by atoms with Crippen LogP contribution in [0.25, 0.3) is 0 Å². The molecule has 90 valence electrons. The molecular weight excluding hydrogens is 186 g/mol. The Morgan fingerprint density at radius 3 is 2.27 bits per heavy atom. The lowest BCUT2D eigenvalue weighted by molar-refractivity contribution is 0.0263. The zero-order valence-corrected chi connectivity index (χ0v) is 10.0. The Morgan fingerprint density at radius 2 is 1.53 bits per heavy atom. The molecule has 0 saturated heterocycles. The third-order valence-corrected chi connectivity index (χ3v) is 3.25. The average molecular weight is 213 g/mol. The van der Waals surface area contributed by atoms with Gasteiger partial charge in [-0.3, -0.25) is 0 Å². The van der Waals surface area contributed by atoms with Gasteiger partial charge in [-0.15, -0.1) is 0 Å². The van der Waals surface area contributed by atoms with Gasteiger partial charge < -0.3 is 10.5 Å². The van der Waals surface area contributed by atoms with Crippen LogP contribution in [0, 0.1) is 0 Å². The highest BCUT2D eigenvalue weighted by Crippen LogP contribution is 2.20. The fraction of sp³-hybridized carbons (Fsp3) is 1.00. The fourth-order valence-corrected chi connectivity index (χ4v) is 2.26. The van der Waals surface area contributed by atoms with Gasteiger partial charge >= 0.3 is 0 Å². The first kappa shape index (κ1) is 13.0. The van der Waals surface area contributed by atoms with Crippen molar-refractivity contribution in [3.8, 4) is 0 Å². The number of unbranched alkanes of at least 4 members (excludes halogenated alkanes) is 4. The van der Waals surface area contributed by atoms with Gasteiger partial charge in [0.15, 0.2) is 0 Å². The second-order valence-electron chi connectivity index (χ2n) is 4.69. The van der Waals surface area contributed by atoms with E-state index < -0.39 is 0 Å². The molecule has 1 aliphatic rings. The Morgan fingerprint density at radius 1 is 0.867 bits per heavy atom. The van der Waals surface area contributed by atoms with Crippen LogP contribution < -0.4 is 5.73 Å². The molecule has 0 radical (unpaired) electrons. The van der Waals surface area contributed by atoms with Crippen LogP contribution in [-0.2, 0) is 4.74 Å². The fourth-order valence-electron chi connectivity index (χ4n) is 2.26. The molecule has 0 spiro atoms. The lowest BCUT2D eigenvalue weighted by Crippen LogP contribution is -2.17. The Kier molecular flexibility index (Phi) is 7.94. The summed E-state index contributed by atoms with van der Waals surface area (Å²) in [5.74, 6) is 0. The van der Waals surface area contributed by atoms with E-state index in [9.17, 15) is 0 Å². The molecule has 2 N–H and O–H groups in total. The highest BCUT2D eigenvalue weighted by atomic mass is 16.5. The summed E-state index contributed by atoms with van der Waals surface area (Å²) in [4.78, 5) is 0. The highest BCUT2D eigenvalue weighted by Gasteiger charge is 2.12. The van der Waals surface area contributed by atoms with E-state index in [1.807, 2.05) is 0 Å². The second kappa shape index (κ2) is 9.17. The maximum Gasteiger partial charge on any atom is 0.0575 e. The molecule has 0 aromatic carbocycles. The van der Waals surface area contributed by atoms with Gasteiger partial charge in [-0.2, -0.15) is 0 Å². The van der Waals surface area contributed by atoms with E-state index in [1.165, 1.54) is 64.2 Å². The molecule has 1 saturated carbocycles. The zero-order chi connectivity index (χ0) is 10.8. The first-order valence-corrected chi connectivity index (χ1v) is 6.75. The van der Waals surface area contributed by atoms with Gasteiger partial charge in [-0.1, -0.05) is 38.5 Å². The van der Waals surface area contributed by atoms with Crippen molar-refractivity contribution in [1.82, 2.24) is 0 Å². The van der Waals surface area contributed by atoms with Crippen molar-refractivity contribution in [3.05, 3.63) is 0 Å². The predicted octanol–water partition coefficient (Wildman–Crippen LogP) is 3.24. The van der Waals surface area contributed by atoms with Crippen LogP contribution in [0.2, 0.25) is 0 Å². The van der Waals surface area contributed by atoms with E-state index in [-0.39, 0.29) is 0 Å². The number of nitrogens with two attached hydrogens (primary N) is 1. The quantitative estimate of drug-likeness (QED) is 0.628. The molecule has 0 unspecified atom stereocenters. The molecule has 0 atom stereocenters. The van der Waals surface area contributed by atoms with Crippen molar-refractivity contribution in [3.63, 3.8) is 0 Å². The predicted molar refractivity (Wildman–Crippen MR) is 65.0 cm³/mol. The van der Waals surface area contributed by atoms with E-state index in [1.54, 1.807) is 0 Å². The Bertz CT molecular complexity index is 132. The van der Waals surface area contributed by atoms with Crippen molar-refractivity contribution in [1.29, 1.82) is 0 Å². The molecular formula is C13H27NO. The van der Waals surface area contributed by atoms with Crippen LogP contribution >= 0.6 is 0 Å². The molecule has 0 heterocycles. The van der Waals surface area contributed by atoms with Crippen LogP contribution in [0.5, 0.6) is 0 Å². The topological polar surface area (TPSA) is 35.2 Å². The lowest BCUT2D eigenvalue weighted by Gasteiger charge is -2.21. The maximum atomic E-state index is 5.86. The van der Waals surface area contributed by atoms with E-state index >= 15 is 0 Å². The van der Waals surface area contributed by atoms with Gasteiger partial charge in [-0.05, 0) is 32.2 Å². The molecule has 2 nitrogen and oxygen atoms in total. The molecule has 0 aromatic rings. The van der Waals surface area contributed by atoms with Crippen LogP contribution in [0.4, 0.5) is 0 Å². The number of rotatable bonds is 8. The first-order chi connectivity index (χ1) is 7.43. The van der Waals surface area contributed by atoms with Gasteiger partial charge in [0.2, 0.25) is 0 Å². The number of ether oxygens (including phenoxy) is 1. The van der Waals surface area contributed by atoms with Crippen LogP contribution in [0.1, 0.15) is 64.2 Å². The van der Waals surface area contributed by atoms with Crippen molar-refractivity contribution in [2.45, 2.75) is 70.3 Å². The summed E-state index contributed by atoms with van der Waals surface area (Å²) in [6, 6.07) is 0. The lowest BCUT2D eigenvalue weighted by atomic mass is 9.98. The van der Waals surface area contributed by atoms with Gasteiger partial charge in [0.1, 0.15) is 0 Å². The summed E-state index contributed by atoms with van der Waals surface area (Å²) >= 11 is 0. The van der Waals surface area contributed by atoms with Crippen molar-refractivity contribution in [2.24, 2.45) is 5.73 Å². The average Bonchev–Trinajstić information content (AvgIpc) is 2.29. The maximum absolute atomic E-state index is 5.86. The Labute approximate surface area is 94.6 Å². The van der Waals surface area contributed by atoms with Gasteiger partial charge in [0.05, 0.1) is 6.10 Å². The number of hydrogen-bond acceptors (Lipinski definition) is 2. The first-order valence-electron chi connectivity index (χ1n) is 6.75. The molecule has 0 aromatic heterocycles. The van der Waals surface area contributed by atoms with Gasteiger partial charge in [0, 0.05) is 6.61 Å². The zero-order valence-electron chi connectivity index (χ0n) is 10.0. The summed E-state index contributed by atoms with van der Waals surface area (Å²) in [7, 11) is 0. The largest absolute Gasteiger partial charge is 0.378 e. The van der Waals surface area contributed by atoms with Gasteiger partial charge in [0.25, 0.3) is 0 Å². The molecule has 15 heavy (non-hydrogen) atoms. The molecule has 1 aliphatic carbocycles. The van der Waals surface area contributed by atoms with E-state index in [0.29, 0.717) is 6.10 Å². The molecule has 1 fully saturated rings. The van der Waals surface area contributed by atoms with Crippen molar-refractivity contribution in [2.75, 3.05) is 13.2 Å². The Balaban J connectivity index is 1.79. The van der Waals surface area contributed by atoms with Crippen molar-refractivity contribution < 1.29 is 4.74 Å². The van der Waals surface area contributed by atoms with Crippen molar-refractivity contribution >= 4 is 0 Å². The van der Waals surface area contributed by atoms with E-state index in [0.717, 1.165) is 13.2 Å². The molecule has 0 amide bonds. The monoisotopic (exact) mass is 213 g/mol. The Hall–Kier alpha value is -0.0800. The molecule has 2 heteroatoms. The second-order valence-corrected chi connectivity index (χ2v) is 4.69. The summed E-state index contributed by atoms with van der Waals surface area (Å²) in [6.45, 7) is 1.83. The third-order valence-electron chi connectivity index (χ3n) is 3.25. The van der Waals surface area contributed by atoms with Crippen LogP contribution in [0.15, 0.2) is 0 Å². The minimum atomic E-state index is 0.586. The van der Waals surface area contributed by atoms with E-state index in [4.69, 9.17) is 10.5 Å². The standard InChI is InChI=1S/C13H27NO/c14-11-7-2-1-3-8-12-15-13-9-5-4-6-10-13/h13H,1-12,14H2. The summed E-state index contributed by atoms with van der Waals surface area (Å²) in [5.41, 5.74) is 5.44. The third kappa shape index (κ3) is 6.91. The summed E-state index contributed by atoms with van der Waals surface area (Å²) in [6.07, 6.45) is 13.7. The summed E-state index contributed by atoms with van der Waals surface area (Å²) < 4.78 is 5.86. The SMILES string of the molecule is NCCCCCCCOC1CCCCC1. The minimum Gasteiger partial charge on any atom is -0.378 e. The minimum absolute atomic E-state index is 0.586. The normalized spacial score (nSPS) is 18.2. The van der Waals surface area contributed by atoms with Gasteiger partial charge in [-0.25, -0.2) is 0 Å². The van der Waals surface area contributed by atoms with E-state index in [2.05, 4.69) is 0 Å². The van der Waals surface area contributed by atoms with Crippen LogP contribution in [-0.4, -0.2) is 19.3 Å². The summed E-state index contributed by atoms with van der Waals surface area (Å²) in [5, 5.41) is 0.